The standard InChI is InChI=1S/C17H24BrNO2S/c1-17(2,3)21-16(20)19-9-7-13(8-10-19)12-22-15-6-4-5-14(18)11-15/h4-6,11,13H,7-10,12H2,1-3H3. The zero-order valence-corrected chi connectivity index (χ0v) is 15.9. The Hall–Kier alpha value is -0.680. The Kier molecular flexibility index (Phi) is 6.21. The molecule has 0 N–H and O–H groups in total. The van der Waals surface area contributed by atoms with Crippen molar-refractivity contribution in [3.8, 4) is 0 Å². The highest BCUT2D eigenvalue weighted by Crippen LogP contribution is 2.28. The fraction of sp³-hybridized carbons (Fsp3) is 0.588. The largest absolute Gasteiger partial charge is 0.444 e. The number of likely N-dealkylation sites (tertiary alicyclic amines) is 1. The monoisotopic (exact) mass is 385 g/mol. The van der Waals surface area contributed by atoms with Gasteiger partial charge in [0.25, 0.3) is 0 Å². The molecule has 1 aliphatic heterocycles. The lowest BCUT2D eigenvalue weighted by Crippen LogP contribution is -2.42. The highest BCUT2D eigenvalue weighted by atomic mass is 79.9. The molecule has 122 valence electrons. The van der Waals surface area contributed by atoms with Gasteiger partial charge in [-0.25, -0.2) is 4.79 Å². The molecule has 0 aliphatic carbocycles. The van der Waals surface area contributed by atoms with Crippen LogP contribution in [0.1, 0.15) is 33.6 Å². The number of thioether (sulfide) groups is 1. The first kappa shape index (κ1) is 17.7. The van der Waals surface area contributed by atoms with Crippen molar-refractivity contribution in [2.24, 2.45) is 5.92 Å². The molecule has 0 unspecified atom stereocenters. The van der Waals surface area contributed by atoms with Gasteiger partial charge in [-0.2, -0.15) is 0 Å². The normalized spacial score (nSPS) is 16.6. The summed E-state index contributed by atoms with van der Waals surface area (Å²) in [6.45, 7) is 7.34. The molecular formula is C17H24BrNO2S. The number of ether oxygens (including phenoxy) is 1. The van der Waals surface area contributed by atoms with Crippen LogP contribution in [0.25, 0.3) is 0 Å². The molecule has 0 atom stereocenters. The average Bonchev–Trinajstić information content (AvgIpc) is 2.44. The summed E-state index contributed by atoms with van der Waals surface area (Å²) in [5.74, 6) is 1.78. The molecule has 1 heterocycles. The van der Waals surface area contributed by atoms with Crippen LogP contribution in [0.15, 0.2) is 33.6 Å². The van der Waals surface area contributed by atoms with Gasteiger partial charge >= 0.3 is 6.09 Å². The smallest absolute Gasteiger partial charge is 0.410 e. The number of amides is 1. The predicted molar refractivity (Wildman–Crippen MR) is 95.4 cm³/mol. The third kappa shape index (κ3) is 5.84. The lowest BCUT2D eigenvalue weighted by molar-refractivity contribution is 0.0191. The number of hydrogen-bond donors (Lipinski definition) is 0. The molecule has 3 nitrogen and oxygen atoms in total. The molecule has 2 rings (SSSR count). The van der Waals surface area contributed by atoms with Crippen molar-refractivity contribution < 1.29 is 9.53 Å². The topological polar surface area (TPSA) is 29.5 Å². The van der Waals surface area contributed by atoms with E-state index in [0.717, 1.165) is 36.2 Å². The van der Waals surface area contributed by atoms with Crippen molar-refractivity contribution in [3.63, 3.8) is 0 Å². The molecule has 1 aliphatic rings. The van der Waals surface area contributed by atoms with Crippen LogP contribution in [0.4, 0.5) is 4.79 Å². The van der Waals surface area contributed by atoms with Crippen LogP contribution >= 0.6 is 27.7 Å². The quantitative estimate of drug-likeness (QED) is 0.670. The summed E-state index contributed by atoms with van der Waals surface area (Å²) >= 11 is 5.40. The average molecular weight is 386 g/mol. The molecule has 1 fully saturated rings. The van der Waals surface area contributed by atoms with E-state index in [0.29, 0.717) is 5.92 Å². The van der Waals surface area contributed by atoms with Crippen molar-refractivity contribution in [2.45, 2.75) is 44.1 Å². The summed E-state index contributed by atoms with van der Waals surface area (Å²) in [7, 11) is 0. The number of carbonyl (C=O) groups excluding carboxylic acids is 1. The molecule has 1 aromatic rings. The van der Waals surface area contributed by atoms with Crippen molar-refractivity contribution in [1.82, 2.24) is 4.90 Å². The van der Waals surface area contributed by atoms with Gasteiger partial charge < -0.3 is 9.64 Å². The molecule has 1 aromatic carbocycles. The van der Waals surface area contributed by atoms with Gasteiger partial charge in [0.15, 0.2) is 0 Å². The van der Waals surface area contributed by atoms with Crippen LogP contribution in [-0.2, 0) is 4.74 Å². The van der Waals surface area contributed by atoms with E-state index in [9.17, 15) is 4.79 Å². The van der Waals surface area contributed by atoms with Gasteiger partial charge in [0.05, 0.1) is 0 Å². The maximum Gasteiger partial charge on any atom is 0.410 e. The Labute approximate surface area is 145 Å². The summed E-state index contributed by atoms with van der Waals surface area (Å²) in [5, 5.41) is 0. The highest BCUT2D eigenvalue weighted by molar-refractivity contribution is 9.10. The fourth-order valence-corrected chi connectivity index (χ4v) is 4.08. The van der Waals surface area contributed by atoms with Crippen LogP contribution < -0.4 is 0 Å². The molecule has 0 bridgehead atoms. The molecule has 0 saturated carbocycles. The van der Waals surface area contributed by atoms with Crippen LogP contribution in [0.5, 0.6) is 0 Å². The van der Waals surface area contributed by atoms with E-state index >= 15 is 0 Å². The summed E-state index contributed by atoms with van der Waals surface area (Å²) in [6.07, 6.45) is 1.94. The number of halogens is 1. The zero-order valence-electron chi connectivity index (χ0n) is 13.5. The van der Waals surface area contributed by atoms with E-state index in [1.165, 1.54) is 4.90 Å². The Morgan fingerprint density at radius 3 is 2.64 bits per heavy atom. The maximum absolute atomic E-state index is 12.0. The Bertz CT molecular complexity index is 508. The second kappa shape index (κ2) is 7.73. The zero-order chi connectivity index (χ0) is 16.2. The number of hydrogen-bond acceptors (Lipinski definition) is 3. The maximum atomic E-state index is 12.0. The van der Waals surface area contributed by atoms with Gasteiger partial charge in [0, 0.05) is 28.2 Å². The summed E-state index contributed by atoms with van der Waals surface area (Å²) < 4.78 is 6.55. The van der Waals surface area contributed by atoms with E-state index < -0.39 is 5.60 Å². The van der Waals surface area contributed by atoms with Crippen molar-refractivity contribution in [2.75, 3.05) is 18.8 Å². The SMILES string of the molecule is CC(C)(C)OC(=O)N1CCC(CSc2cccc(Br)c2)CC1. The number of nitrogens with zero attached hydrogens (tertiary/aromatic N) is 1. The van der Waals surface area contributed by atoms with Gasteiger partial charge in [-0.1, -0.05) is 22.0 Å². The Morgan fingerprint density at radius 1 is 1.36 bits per heavy atom. The molecule has 5 heteroatoms. The van der Waals surface area contributed by atoms with E-state index in [-0.39, 0.29) is 6.09 Å². The molecular weight excluding hydrogens is 362 g/mol. The van der Waals surface area contributed by atoms with E-state index in [1.54, 1.807) is 0 Å². The number of benzene rings is 1. The van der Waals surface area contributed by atoms with Gasteiger partial charge in [0.2, 0.25) is 0 Å². The molecule has 1 saturated heterocycles. The number of carbonyl (C=O) groups is 1. The van der Waals surface area contributed by atoms with Gasteiger partial charge in [-0.05, 0) is 57.7 Å². The lowest BCUT2D eigenvalue weighted by atomic mass is 9.99. The second-order valence-corrected chi connectivity index (χ2v) is 8.69. The van der Waals surface area contributed by atoms with Crippen LogP contribution in [0.3, 0.4) is 0 Å². The minimum Gasteiger partial charge on any atom is -0.444 e. The molecule has 0 radical (unpaired) electrons. The van der Waals surface area contributed by atoms with Crippen LogP contribution in [0, 0.1) is 5.92 Å². The van der Waals surface area contributed by atoms with Crippen molar-refractivity contribution in [3.05, 3.63) is 28.7 Å². The van der Waals surface area contributed by atoms with Crippen LogP contribution in [-0.4, -0.2) is 35.4 Å². The molecule has 22 heavy (non-hydrogen) atoms. The number of piperidine rings is 1. The van der Waals surface area contributed by atoms with Gasteiger partial charge in [-0.15, -0.1) is 11.8 Å². The minimum absolute atomic E-state index is 0.175. The number of rotatable bonds is 3. The molecule has 0 aromatic heterocycles. The highest BCUT2D eigenvalue weighted by Gasteiger charge is 2.26. The fourth-order valence-electron chi connectivity index (χ4n) is 2.38. The first-order valence-corrected chi connectivity index (χ1v) is 9.47. The van der Waals surface area contributed by atoms with Crippen LogP contribution in [0.2, 0.25) is 0 Å². The first-order valence-electron chi connectivity index (χ1n) is 7.70. The second-order valence-electron chi connectivity index (χ2n) is 6.68. The van der Waals surface area contributed by atoms with Gasteiger partial charge in [0.1, 0.15) is 5.60 Å². The van der Waals surface area contributed by atoms with Crippen molar-refractivity contribution in [1.29, 1.82) is 0 Å². The van der Waals surface area contributed by atoms with Gasteiger partial charge in [-0.3, -0.25) is 0 Å². The lowest BCUT2D eigenvalue weighted by Gasteiger charge is -2.33. The third-order valence-electron chi connectivity index (χ3n) is 3.55. The van der Waals surface area contributed by atoms with E-state index in [2.05, 4.69) is 34.1 Å². The molecule has 1 amide bonds. The van der Waals surface area contributed by atoms with E-state index in [4.69, 9.17) is 4.74 Å². The summed E-state index contributed by atoms with van der Waals surface area (Å²) in [6, 6.07) is 8.41. The predicted octanol–water partition coefficient (Wildman–Crippen LogP) is 5.19. The Balaban J connectivity index is 1.74. The molecule has 0 spiro atoms. The third-order valence-corrected chi connectivity index (χ3v) is 5.27. The first-order chi connectivity index (χ1) is 10.3. The van der Waals surface area contributed by atoms with E-state index in [1.807, 2.05) is 43.5 Å². The van der Waals surface area contributed by atoms with Crippen molar-refractivity contribution >= 4 is 33.8 Å². The summed E-state index contributed by atoms with van der Waals surface area (Å²) in [4.78, 5) is 15.2. The summed E-state index contributed by atoms with van der Waals surface area (Å²) in [5.41, 5.74) is -0.412. The minimum atomic E-state index is -0.412. The Morgan fingerprint density at radius 2 is 2.05 bits per heavy atom.